The van der Waals surface area contributed by atoms with Crippen molar-refractivity contribution >= 4 is 35.8 Å². The lowest BCUT2D eigenvalue weighted by Gasteiger charge is -2.03. The molecule has 0 aliphatic rings. The molecule has 0 atom stereocenters. The molecule has 254 valence electrons. The molecule has 0 aromatic carbocycles. The molecule has 0 radical (unpaired) electrons. The smallest absolute Gasteiger partial charge is 0.300 e. The van der Waals surface area contributed by atoms with E-state index in [1.165, 1.54) is 0 Å². The Bertz CT molecular complexity index is 393. The lowest BCUT2D eigenvalue weighted by atomic mass is 10.5. The average Bonchev–Trinajstić information content (AvgIpc) is 2.55. The molecule has 0 aliphatic heterocycles. The molecule has 0 saturated heterocycles. The minimum Gasteiger partial charge on any atom is -0.481 e. The summed E-state index contributed by atoms with van der Waals surface area (Å²) in [5.74, 6) is -5.00. The Morgan fingerprint density at radius 1 is 0.400 bits per heavy atom. The summed E-state index contributed by atoms with van der Waals surface area (Å²) in [5, 5.41) is 50.8. The van der Waals surface area contributed by atoms with Gasteiger partial charge in [-0.25, -0.2) is 0 Å². The van der Waals surface area contributed by atoms with Gasteiger partial charge in [0, 0.05) is 80.8 Å². The third-order valence-corrected chi connectivity index (χ3v) is 1.12. The van der Waals surface area contributed by atoms with Crippen molar-refractivity contribution in [2.75, 3.05) is 39.3 Å². The van der Waals surface area contributed by atoms with Crippen molar-refractivity contribution in [3.05, 3.63) is 0 Å². The van der Waals surface area contributed by atoms with Gasteiger partial charge in [0.2, 0.25) is 0 Å². The summed E-state index contributed by atoms with van der Waals surface area (Å²) in [6, 6.07) is 0. The van der Waals surface area contributed by atoms with Gasteiger partial charge in [-0.1, -0.05) is 0 Å². The lowest BCUT2D eigenvalue weighted by Crippen LogP contribution is -2.32. The second-order valence-electron chi connectivity index (χ2n) is 5.19. The van der Waals surface area contributed by atoms with Crippen molar-refractivity contribution in [1.29, 1.82) is 0 Å². The first-order valence-electron chi connectivity index (χ1n) is 9.30. The van der Waals surface area contributed by atoms with Crippen LogP contribution in [0.4, 0.5) is 0 Å². The molecular weight excluding hydrogens is 548 g/mol. The summed E-state index contributed by atoms with van der Waals surface area (Å²) in [6.45, 7) is 11.6. The van der Waals surface area contributed by atoms with Crippen molar-refractivity contribution in [2.24, 2.45) is 11.5 Å². The largest absolute Gasteiger partial charge is 0.481 e. The monoisotopic (exact) mass is 608 g/mol. The summed E-state index contributed by atoms with van der Waals surface area (Å²) in [7, 11) is 0. The normalized spacial score (nSPS) is 6.30. The first-order valence-corrected chi connectivity index (χ1v) is 9.30. The Kier molecular flexibility index (Phi) is 174. The maximum atomic E-state index is 9.00. The van der Waals surface area contributed by atoms with Crippen LogP contribution in [-0.2, 0) is 28.8 Å². The summed E-state index contributed by atoms with van der Waals surface area (Å²) in [5.41, 5.74) is 10.5. The first-order chi connectivity index (χ1) is 15.3. The van der Waals surface area contributed by atoms with Gasteiger partial charge >= 0.3 is 0 Å². The molecule has 0 rings (SSSR count). The Hall–Kier alpha value is -3.58. The summed E-state index contributed by atoms with van der Waals surface area (Å²) in [6.07, 6.45) is 0. The van der Waals surface area contributed by atoms with E-state index < -0.39 is 35.8 Å². The predicted molar refractivity (Wildman–Crippen MR) is 154 cm³/mol. The fourth-order valence-electron chi connectivity index (χ4n) is 0.631. The molecule has 0 heterocycles. The maximum absolute atomic E-state index is 9.00. The summed E-state index contributed by atoms with van der Waals surface area (Å²) >= 11 is 0. The molecule has 0 amide bonds. The van der Waals surface area contributed by atoms with E-state index in [4.69, 9.17) is 70.9 Å². The van der Waals surface area contributed by atoms with Gasteiger partial charge in [-0.05, 0) is 0 Å². The Morgan fingerprint density at radius 3 is 0.575 bits per heavy atom. The molecule has 40 heavy (non-hydrogen) atoms. The number of hydrogen-bond donors (Lipinski definition) is 16. The van der Waals surface area contributed by atoms with Gasteiger partial charge < -0.3 is 89.6 Å². The van der Waals surface area contributed by atoms with Crippen LogP contribution < -0.4 is 59.0 Å². The van der Waals surface area contributed by atoms with Gasteiger partial charge in [-0.2, -0.15) is 0 Å². The molecule has 0 spiro atoms. The lowest BCUT2D eigenvalue weighted by molar-refractivity contribution is -0.135. The van der Waals surface area contributed by atoms with Gasteiger partial charge in [0.15, 0.2) is 0 Å². The number of carbonyl (C=O) groups is 6. The number of nitrogens with two attached hydrogens (primary N) is 2. The van der Waals surface area contributed by atoms with Crippen molar-refractivity contribution in [1.82, 2.24) is 47.5 Å². The SMILES string of the molecule is CC(=O)O.CC(=O)O.CC(=O)O.CC(=O)O.CC(=O)O.CC(=O)O.N.N.N.N.N.N.NCCNCCNCCN. The fourth-order valence-corrected chi connectivity index (χ4v) is 0.631. The predicted octanol–water partition coefficient (Wildman–Crippen LogP) is -0.400. The molecule has 22 heteroatoms. The molecule has 0 unspecified atom stereocenters. The van der Waals surface area contributed by atoms with E-state index in [1.807, 2.05) is 0 Å². The third kappa shape index (κ3) is 3290. The highest BCUT2D eigenvalue weighted by atomic mass is 16.4. The van der Waals surface area contributed by atoms with Crippen molar-refractivity contribution in [3.63, 3.8) is 0 Å². The van der Waals surface area contributed by atoms with E-state index in [1.54, 1.807) is 0 Å². The minimum absolute atomic E-state index is 0. The average molecular weight is 609 g/mol. The van der Waals surface area contributed by atoms with Gasteiger partial charge in [0.1, 0.15) is 0 Å². The minimum atomic E-state index is -0.833. The highest BCUT2D eigenvalue weighted by Crippen LogP contribution is 1.57. The van der Waals surface area contributed by atoms with Crippen molar-refractivity contribution in [3.8, 4) is 0 Å². The van der Waals surface area contributed by atoms with E-state index in [9.17, 15) is 0 Å². The van der Waals surface area contributed by atoms with Crippen molar-refractivity contribution < 1.29 is 59.4 Å². The molecule has 22 nitrogen and oxygen atoms in total. The molecule has 0 fully saturated rings. The van der Waals surface area contributed by atoms with Gasteiger partial charge in [-0.15, -0.1) is 0 Å². The van der Waals surface area contributed by atoms with Crippen LogP contribution in [0, 0.1) is 0 Å². The van der Waals surface area contributed by atoms with Crippen LogP contribution in [-0.4, -0.2) is 106 Å². The Morgan fingerprint density at radius 2 is 0.500 bits per heavy atom. The number of carboxylic acids is 6. The summed E-state index contributed by atoms with van der Waals surface area (Å²) in [4.78, 5) is 54.0. The molecule has 30 N–H and O–H groups in total. The van der Waals surface area contributed by atoms with Gasteiger partial charge in [0.05, 0.1) is 0 Å². The number of rotatable bonds is 7. The maximum Gasteiger partial charge on any atom is 0.300 e. The quantitative estimate of drug-likeness (QED) is 0.163. The van der Waals surface area contributed by atoms with E-state index >= 15 is 0 Å². The second-order valence-corrected chi connectivity index (χ2v) is 5.19. The van der Waals surface area contributed by atoms with Crippen LogP contribution >= 0.6 is 0 Å². The third-order valence-electron chi connectivity index (χ3n) is 1.12. The van der Waals surface area contributed by atoms with E-state index in [2.05, 4.69) is 10.6 Å². The number of carboxylic acid groups (broad SMARTS) is 6. The zero-order chi connectivity index (χ0) is 29.1. The van der Waals surface area contributed by atoms with Gasteiger partial charge in [0.25, 0.3) is 35.8 Å². The number of aliphatic carboxylic acids is 6. The van der Waals surface area contributed by atoms with Crippen LogP contribution in [0.1, 0.15) is 41.5 Å². The second kappa shape index (κ2) is 83.5. The summed E-state index contributed by atoms with van der Waals surface area (Å²) < 4.78 is 0. The Balaban J connectivity index is -0.0000000196. The molecule has 0 aromatic rings. The molecule has 0 saturated carbocycles. The van der Waals surface area contributed by atoms with Crippen LogP contribution in [0.3, 0.4) is 0 Å². The van der Waals surface area contributed by atoms with Crippen LogP contribution in [0.5, 0.6) is 0 Å². The topological polar surface area (TPSA) is 510 Å². The molecule has 0 aromatic heterocycles. The molecular formula is C18H60N10O12. The van der Waals surface area contributed by atoms with E-state index in [0.717, 1.165) is 67.7 Å². The molecule has 0 aliphatic carbocycles. The molecule has 0 bridgehead atoms. The van der Waals surface area contributed by atoms with E-state index in [0.29, 0.717) is 13.1 Å². The van der Waals surface area contributed by atoms with Crippen LogP contribution in [0.25, 0.3) is 0 Å². The van der Waals surface area contributed by atoms with Crippen LogP contribution in [0.2, 0.25) is 0 Å². The first kappa shape index (κ1) is 83.3. The van der Waals surface area contributed by atoms with Crippen molar-refractivity contribution in [2.45, 2.75) is 41.5 Å². The number of nitrogens with one attached hydrogen (secondary N) is 2. The fraction of sp³-hybridized carbons (Fsp3) is 0.667. The van der Waals surface area contributed by atoms with Crippen LogP contribution in [0.15, 0.2) is 0 Å². The zero-order valence-corrected chi connectivity index (χ0v) is 24.8. The van der Waals surface area contributed by atoms with Gasteiger partial charge in [-0.3, -0.25) is 28.8 Å². The highest BCUT2D eigenvalue weighted by Gasteiger charge is 1.83. The number of hydrogen-bond acceptors (Lipinski definition) is 16. The van der Waals surface area contributed by atoms with E-state index in [-0.39, 0.29) is 36.9 Å². The highest BCUT2D eigenvalue weighted by molar-refractivity contribution is 5.64. The Labute approximate surface area is 235 Å². The zero-order valence-electron chi connectivity index (χ0n) is 24.8. The standard InChI is InChI=1S/C6H18N4.6C2H4O2.6H3N/c7-1-3-9-5-6-10-4-2-8;6*1-2(3)4;;;;;;/h9-10H,1-8H2;6*1H3,(H,3,4);6*1H3.